The highest BCUT2D eigenvalue weighted by atomic mass is 16.5. The Morgan fingerprint density at radius 2 is 1.72 bits per heavy atom. The third-order valence-corrected chi connectivity index (χ3v) is 6.57. The van der Waals surface area contributed by atoms with E-state index in [1.807, 2.05) is 41.3 Å². The van der Waals surface area contributed by atoms with Crippen LogP contribution in [0.4, 0.5) is 5.82 Å². The molecule has 1 aromatic heterocycles. The molecule has 0 atom stereocenters. The molecule has 0 spiro atoms. The van der Waals surface area contributed by atoms with E-state index in [0.717, 1.165) is 35.6 Å². The number of hydrogen-bond acceptors (Lipinski definition) is 6. The second kappa shape index (κ2) is 10.7. The fourth-order valence-electron chi connectivity index (χ4n) is 4.47. The van der Waals surface area contributed by atoms with Gasteiger partial charge in [-0.3, -0.25) is 9.69 Å². The number of amides is 1. The summed E-state index contributed by atoms with van der Waals surface area (Å²) in [6, 6.07) is 24.0. The molecule has 1 aliphatic rings. The van der Waals surface area contributed by atoms with Crippen LogP contribution in [0.3, 0.4) is 0 Å². The van der Waals surface area contributed by atoms with Crippen LogP contribution in [0.25, 0.3) is 10.9 Å². The van der Waals surface area contributed by atoms with Gasteiger partial charge in [0, 0.05) is 43.7 Å². The number of nitrogens with one attached hydrogen (secondary N) is 1. The minimum atomic E-state index is 0.0399. The lowest BCUT2D eigenvalue weighted by Crippen LogP contribution is -2.48. The molecule has 36 heavy (non-hydrogen) atoms. The summed E-state index contributed by atoms with van der Waals surface area (Å²) in [6.07, 6.45) is 0. The Hall–Kier alpha value is -3.97. The number of rotatable bonds is 7. The van der Waals surface area contributed by atoms with E-state index in [9.17, 15) is 4.79 Å². The Bertz CT molecular complexity index is 1350. The maximum absolute atomic E-state index is 13.0. The summed E-state index contributed by atoms with van der Waals surface area (Å²) in [6.45, 7) is 6.33. The SMILES string of the molecule is COc1cccc(C(=O)N2CCN(Cc3nc(NCc4ccc(C)cc4)c4ccccc4n3)CC2)c1. The molecule has 0 saturated carbocycles. The van der Waals surface area contributed by atoms with Gasteiger partial charge in [0.05, 0.1) is 19.2 Å². The number of nitrogens with zero attached hydrogens (tertiary/aromatic N) is 4. The van der Waals surface area contributed by atoms with Gasteiger partial charge in [-0.1, -0.05) is 48.0 Å². The first-order valence-corrected chi connectivity index (χ1v) is 12.3. The van der Waals surface area contributed by atoms with Crippen LogP contribution in [0, 0.1) is 6.92 Å². The number of piperazine rings is 1. The number of carbonyl (C=O) groups is 1. The van der Waals surface area contributed by atoms with Gasteiger partial charge >= 0.3 is 0 Å². The fraction of sp³-hybridized carbons (Fsp3) is 0.276. The molecule has 0 unspecified atom stereocenters. The Kier molecular flexibility index (Phi) is 7.09. The summed E-state index contributed by atoms with van der Waals surface area (Å²) in [7, 11) is 1.61. The molecule has 3 aromatic carbocycles. The highest BCUT2D eigenvalue weighted by Crippen LogP contribution is 2.22. The van der Waals surface area contributed by atoms with Gasteiger partial charge < -0.3 is 15.0 Å². The van der Waals surface area contributed by atoms with Gasteiger partial charge in [-0.2, -0.15) is 0 Å². The first-order valence-electron chi connectivity index (χ1n) is 12.3. The van der Waals surface area contributed by atoms with E-state index in [1.165, 1.54) is 11.1 Å². The van der Waals surface area contributed by atoms with Crippen LogP contribution < -0.4 is 10.1 Å². The normalized spacial score (nSPS) is 14.1. The molecule has 7 nitrogen and oxygen atoms in total. The Labute approximate surface area is 211 Å². The van der Waals surface area contributed by atoms with Crippen LogP contribution in [0.5, 0.6) is 5.75 Å². The van der Waals surface area contributed by atoms with Gasteiger partial charge in [-0.05, 0) is 42.8 Å². The lowest BCUT2D eigenvalue weighted by Gasteiger charge is -2.34. The van der Waals surface area contributed by atoms with Crippen LogP contribution in [0.1, 0.15) is 27.3 Å². The van der Waals surface area contributed by atoms with E-state index in [1.54, 1.807) is 13.2 Å². The van der Waals surface area contributed by atoms with Crippen LogP contribution in [-0.2, 0) is 13.1 Å². The molecule has 5 rings (SSSR count). The second-order valence-electron chi connectivity index (χ2n) is 9.15. The largest absolute Gasteiger partial charge is 0.497 e. The van der Waals surface area contributed by atoms with Crippen molar-refractivity contribution in [3.63, 3.8) is 0 Å². The van der Waals surface area contributed by atoms with Crippen LogP contribution in [0.2, 0.25) is 0 Å². The Morgan fingerprint density at radius 1 is 0.944 bits per heavy atom. The zero-order chi connectivity index (χ0) is 24.9. The number of para-hydroxylation sites is 1. The average Bonchev–Trinajstić information content (AvgIpc) is 2.92. The van der Waals surface area contributed by atoms with Crippen molar-refractivity contribution in [3.8, 4) is 5.75 Å². The van der Waals surface area contributed by atoms with Crippen molar-refractivity contribution in [2.24, 2.45) is 0 Å². The molecule has 184 valence electrons. The van der Waals surface area contributed by atoms with Gasteiger partial charge in [0.15, 0.2) is 0 Å². The molecule has 4 aromatic rings. The molecule has 1 fully saturated rings. The molecular formula is C29H31N5O2. The summed E-state index contributed by atoms with van der Waals surface area (Å²) in [5.74, 6) is 2.37. The van der Waals surface area contributed by atoms with Crippen LogP contribution >= 0.6 is 0 Å². The molecular weight excluding hydrogens is 450 g/mol. The van der Waals surface area contributed by atoms with E-state index in [0.29, 0.717) is 37.5 Å². The number of benzene rings is 3. The molecule has 1 N–H and O–H groups in total. The third-order valence-electron chi connectivity index (χ3n) is 6.57. The monoisotopic (exact) mass is 481 g/mol. The minimum absolute atomic E-state index is 0.0399. The maximum Gasteiger partial charge on any atom is 0.254 e. The van der Waals surface area contributed by atoms with E-state index >= 15 is 0 Å². The highest BCUT2D eigenvalue weighted by molar-refractivity contribution is 5.94. The van der Waals surface area contributed by atoms with Crippen molar-refractivity contribution in [3.05, 3.63) is 95.3 Å². The number of carbonyl (C=O) groups excluding carboxylic acids is 1. The van der Waals surface area contributed by atoms with Crippen molar-refractivity contribution in [1.29, 1.82) is 0 Å². The Morgan fingerprint density at radius 3 is 2.50 bits per heavy atom. The van der Waals surface area contributed by atoms with Crippen molar-refractivity contribution in [2.45, 2.75) is 20.0 Å². The van der Waals surface area contributed by atoms with Crippen LogP contribution in [0.15, 0.2) is 72.8 Å². The number of anilines is 1. The number of aryl methyl sites for hydroxylation is 1. The van der Waals surface area contributed by atoms with Crippen LogP contribution in [-0.4, -0.2) is 59.0 Å². The third kappa shape index (κ3) is 5.47. The minimum Gasteiger partial charge on any atom is -0.497 e. The van der Waals surface area contributed by atoms with Crippen molar-refractivity contribution in [1.82, 2.24) is 19.8 Å². The van der Waals surface area contributed by atoms with E-state index in [-0.39, 0.29) is 5.91 Å². The Balaban J connectivity index is 1.25. The molecule has 0 bridgehead atoms. The molecule has 1 saturated heterocycles. The number of methoxy groups -OCH3 is 1. The lowest BCUT2D eigenvalue weighted by atomic mass is 10.1. The quantitative estimate of drug-likeness (QED) is 0.419. The van der Waals surface area contributed by atoms with Gasteiger partial charge in [0.25, 0.3) is 5.91 Å². The molecule has 7 heteroatoms. The number of aromatic nitrogens is 2. The zero-order valence-corrected chi connectivity index (χ0v) is 20.8. The average molecular weight is 482 g/mol. The van der Waals surface area contributed by atoms with E-state index in [2.05, 4.69) is 47.5 Å². The standard InChI is InChI=1S/C29H31N5O2/c1-21-10-12-22(13-11-21)19-30-28-25-8-3-4-9-26(25)31-27(32-28)20-33-14-16-34(17-15-33)29(35)23-6-5-7-24(18-23)36-2/h3-13,18H,14-17,19-20H2,1-2H3,(H,30,31,32). The summed E-state index contributed by atoms with van der Waals surface area (Å²) in [5, 5.41) is 4.53. The van der Waals surface area contributed by atoms with Gasteiger partial charge in [0.2, 0.25) is 0 Å². The second-order valence-corrected chi connectivity index (χ2v) is 9.15. The smallest absolute Gasteiger partial charge is 0.254 e. The molecule has 0 aliphatic carbocycles. The molecule has 1 aliphatic heterocycles. The topological polar surface area (TPSA) is 70.6 Å². The lowest BCUT2D eigenvalue weighted by molar-refractivity contribution is 0.0625. The maximum atomic E-state index is 13.0. The molecule has 2 heterocycles. The first kappa shape index (κ1) is 23.8. The number of ether oxygens (including phenoxy) is 1. The zero-order valence-electron chi connectivity index (χ0n) is 20.8. The van der Waals surface area contributed by atoms with Crippen molar-refractivity contribution >= 4 is 22.6 Å². The summed E-state index contributed by atoms with van der Waals surface area (Å²) < 4.78 is 5.27. The van der Waals surface area contributed by atoms with Gasteiger partial charge in [-0.25, -0.2) is 9.97 Å². The summed E-state index contributed by atoms with van der Waals surface area (Å²) in [5.41, 5.74) is 4.05. The van der Waals surface area contributed by atoms with Gasteiger partial charge in [-0.15, -0.1) is 0 Å². The first-order chi connectivity index (χ1) is 17.6. The molecule has 1 amide bonds. The number of hydrogen-bond donors (Lipinski definition) is 1. The number of fused-ring (bicyclic) bond motifs is 1. The predicted molar refractivity (Wildman–Crippen MR) is 142 cm³/mol. The van der Waals surface area contributed by atoms with E-state index in [4.69, 9.17) is 14.7 Å². The van der Waals surface area contributed by atoms with E-state index < -0.39 is 0 Å². The fourth-order valence-corrected chi connectivity index (χ4v) is 4.47. The summed E-state index contributed by atoms with van der Waals surface area (Å²) in [4.78, 5) is 26.9. The summed E-state index contributed by atoms with van der Waals surface area (Å²) >= 11 is 0. The van der Waals surface area contributed by atoms with Gasteiger partial charge in [0.1, 0.15) is 17.4 Å². The highest BCUT2D eigenvalue weighted by Gasteiger charge is 2.23. The predicted octanol–water partition coefficient (Wildman–Crippen LogP) is 4.52. The van der Waals surface area contributed by atoms with Crippen molar-refractivity contribution < 1.29 is 9.53 Å². The van der Waals surface area contributed by atoms with Crippen molar-refractivity contribution in [2.75, 3.05) is 38.6 Å². The molecule has 0 radical (unpaired) electrons.